The van der Waals surface area contributed by atoms with Crippen molar-refractivity contribution in [2.45, 2.75) is 19.6 Å². The fourth-order valence-electron chi connectivity index (χ4n) is 2.76. The summed E-state index contributed by atoms with van der Waals surface area (Å²) in [5, 5.41) is 12.2. The van der Waals surface area contributed by atoms with Gasteiger partial charge in [-0.15, -0.1) is 0 Å². The maximum absolute atomic E-state index is 13.0. The van der Waals surface area contributed by atoms with Crippen molar-refractivity contribution in [3.8, 4) is 5.75 Å². The molecule has 0 aliphatic heterocycles. The number of carboxylic acid groups (broad SMARTS) is 1. The number of carbonyl (C=O) groups excluding carboxylic acids is 1. The van der Waals surface area contributed by atoms with Gasteiger partial charge in [-0.05, 0) is 55.0 Å². The molecule has 154 valence electrons. The second-order valence-corrected chi connectivity index (χ2v) is 6.95. The highest BCUT2D eigenvalue weighted by molar-refractivity contribution is 6.30. The van der Waals surface area contributed by atoms with E-state index in [0.29, 0.717) is 17.0 Å². The molecule has 0 radical (unpaired) electrons. The molecule has 8 heteroatoms. The lowest BCUT2D eigenvalue weighted by molar-refractivity contribution is 0.0696. The van der Waals surface area contributed by atoms with E-state index in [1.807, 2.05) is 0 Å². The first-order valence-corrected chi connectivity index (χ1v) is 9.38. The smallest absolute Gasteiger partial charge is 0.335 e. The Hall–Kier alpha value is -3.45. The van der Waals surface area contributed by atoms with Crippen molar-refractivity contribution in [2.24, 2.45) is 0 Å². The summed E-state index contributed by atoms with van der Waals surface area (Å²) in [5.74, 6) is -1.43. The summed E-state index contributed by atoms with van der Waals surface area (Å²) in [6, 6.07) is 12.8. The van der Waals surface area contributed by atoms with Gasteiger partial charge >= 0.3 is 5.97 Å². The Morgan fingerprint density at radius 3 is 2.63 bits per heavy atom. The molecule has 0 spiro atoms. The zero-order chi connectivity index (χ0) is 21.7. The molecule has 2 N–H and O–H groups in total. The second kappa shape index (κ2) is 9.37. The molecule has 1 aromatic heterocycles. The summed E-state index contributed by atoms with van der Waals surface area (Å²) >= 11 is 6.01. The lowest BCUT2D eigenvalue weighted by Gasteiger charge is -2.16. The zero-order valence-corrected chi connectivity index (χ0v) is 16.7. The zero-order valence-electron chi connectivity index (χ0n) is 15.9. The van der Waals surface area contributed by atoms with Crippen molar-refractivity contribution in [3.63, 3.8) is 0 Å². The fraction of sp³-hybridized carbons (Fsp3) is 0.136. The minimum Gasteiger partial charge on any atom is -0.487 e. The number of hydrogen-bond donors (Lipinski definition) is 2. The van der Waals surface area contributed by atoms with E-state index in [0.717, 1.165) is 0 Å². The SMILES string of the molecule is C[C@H](NC(=O)c1cc(Cl)cnc1COc1ccc(F)cc1)c1cccc(C(=O)O)c1. The molecule has 0 aliphatic rings. The molecule has 0 fully saturated rings. The lowest BCUT2D eigenvalue weighted by atomic mass is 10.0. The van der Waals surface area contributed by atoms with Crippen molar-refractivity contribution < 1.29 is 23.8 Å². The Kier molecular flexibility index (Phi) is 6.64. The summed E-state index contributed by atoms with van der Waals surface area (Å²) in [7, 11) is 0. The predicted molar refractivity (Wildman–Crippen MR) is 109 cm³/mol. The minimum absolute atomic E-state index is 0.0194. The van der Waals surface area contributed by atoms with Crippen LogP contribution in [-0.2, 0) is 6.61 Å². The molecular formula is C22H18ClFN2O4. The Labute approximate surface area is 177 Å². The van der Waals surface area contributed by atoms with Crippen molar-refractivity contribution in [2.75, 3.05) is 0 Å². The molecule has 0 bridgehead atoms. The monoisotopic (exact) mass is 428 g/mol. The van der Waals surface area contributed by atoms with Crippen LogP contribution in [-0.4, -0.2) is 22.0 Å². The van der Waals surface area contributed by atoms with Gasteiger partial charge < -0.3 is 15.2 Å². The predicted octanol–water partition coefficient (Wildman–Crippen LogP) is 4.64. The quantitative estimate of drug-likeness (QED) is 0.572. The Morgan fingerprint density at radius 1 is 1.20 bits per heavy atom. The summed E-state index contributed by atoms with van der Waals surface area (Å²) in [6.45, 7) is 1.72. The summed E-state index contributed by atoms with van der Waals surface area (Å²) in [5.41, 5.74) is 1.35. The van der Waals surface area contributed by atoms with E-state index < -0.39 is 17.9 Å². The Bertz CT molecular complexity index is 1070. The molecular weight excluding hydrogens is 411 g/mol. The molecule has 0 unspecified atom stereocenters. The number of aromatic nitrogens is 1. The van der Waals surface area contributed by atoms with Gasteiger partial charge in [0.05, 0.1) is 27.9 Å². The van der Waals surface area contributed by atoms with Crippen molar-refractivity contribution in [1.29, 1.82) is 0 Å². The molecule has 6 nitrogen and oxygen atoms in total. The van der Waals surface area contributed by atoms with E-state index in [1.165, 1.54) is 48.7 Å². The van der Waals surface area contributed by atoms with Crippen LogP contribution in [0.1, 0.15) is 44.9 Å². The van der Waals surface area contributed by atoms with Crippen LogP contribution in [0.15, 0.2) is 60.8 Å². The second-order valence-electron chi connectivity index (χ2n) is 6.52. The third-order valence-corrected chi connectivity index (χ3v) is 4.56. The fourth-order valence-corrected chi connectivity index (χ4v) is 2.92. The third-order valence-electron chi connectivity index (χ3n) is 4.35. The van der Waals surface area contributed by atoms with E-state index in [2.05, 4.69) is 10.3 Å². The van der Waals surface area contributed by atoms with Gasteiger partial charge in [0, 0.05) is 6.20 Å². The maximum Gasteiger partial charge on any atom is 0.335 e. The topological polar surface area (TPSA) is 88.5 Å². The number of carbonyl (C=O) groups is 2. The van der Waals surface area contributed by atoms with Gasteiger partial charge in [0.15, 0.2) is 0 Å². The van der Waals surface area contributed by atoms with E-state index in [9.17, 15) is 14.0 Å². The molecule has 1 amide bonds. The van der Waals surface area contributed by atoms with Crippen molar-refractivity contribution in [1.82, 2.24) is 10.3 Å². The van der Waals surface area contributed by atoms with Crippen LogP contribution in [0.3, 0.4) is 0 Å². The van der Waals surface area contributed by atoms with E-state index >= 15 is 0 Å². The molecule has 0 saturated heterocycles. The number of pyridine rings is 1. The average molecular weight is 429 g/mol. The van der Waals surface area contributed by atoms with Gasteiger partial charge in [-0.3, -0.25) is 9.78 Å². The first kappa shape index (κ1) is 21.3. The van der Waals surface area contributed by atoms with Gasteiger partial charge in [-0.1, -0.05) is 23.7 Å². The largest absolute Gasteiger partial charge is 0.487 e. The number of benzene rings is 2. The standard InChI is InChI=1S/C22H18ClFN2O4/c1-13(14-3-2-4-15(9-14)22(28)29)26-21(27)19-10-16(23)11-25-20(19)12-30-18-7-5-17(24)6-8-18/h2-11,13H,12H2,1H3,(H,26,27)(H,28,29)/t13-/m0/s1. The van der Waals surface area contributed by atoms with Crippen LogP contribution in [0.25, 0.3) is 0 Å². The molecule has 3 rings (SSSR count). The number of nitrogens with one attached hydrogen (secondary N) is 1. The van der Waals surface area contributed by atoms with Gasteiger partial charge in [-0.25, -0.2) is 9.18 Å². The van der Waals surface area contributed by atoms with Gasteiger partial charge in [-0.2, -0.15) is 0 Å². The summed E-state index contributed by atoms with van der Waals surface area (Å²) in [4.78, 5) is 28.2. The van der Waals surface area contributed by atoms with Crippen LogP contribution in [0.4, 0.5) is 4.39 Å². The highest BCUT2D eigenvalue weighted by atomic mass is 35.5. The number of nitrogens with zero attached hydrogens (tertiary/aromatic N) is 1. The van der Waals surface area contributed by atoms with E-state index in [4.69, 9.17) is 21.4 Å². The van der Waals surface area contributed by atoms with Crippen LogP contribution in [0.2, 0.25) is 5.02 Å². The first-order valence-electron chi connectivity index (χ1n) is 9.00. The summed E-state index contributed by atoms with van der Waals surface area (Å²) < 4.78 is 18.6. The van der Waals surface area contributed by atoms with Crippen LogP contribution in [0, 0.1) is 5.82 Å². The van der Waals surface area contributed by atoms with E-state index in [1.54, 1.807) is 19.1 Å². The molecule has 1 atom stereocenters. The average Bonchev–Trinajstić information content (AvgIpc) is 2.74. The number of aromatic carboxylic acids is 1. The maximum atomic E-state index is 13.0. The van der Waals surface area contributed by atoms with E-state index in [-0.39, 0.29) is 28.6 Å². The minimum atomic E-state index is -1.05. The Balaban J connectivity index is 1.76. The normalized spacial score (nSPS) is 11.6. The van der Waals surface area contributed by atoms with Gasteiger partial charge in [0.1, 0.15) is 18.2 Å². The van der Waals surface area contributed by atoms with Gasteiger partial charge in [0.2, 0.25) is 0 Å². The number of amides is 1. The molecule has 2 aromatic carbocycles. The van der Waals surface area contributed by atoms with Crippen LogP contribution < -0.4 is 10.1 Å². The highest BCUT2D eigenvalue weighted by Gasteiger charge is 2.18. The molecule has 3 aromatic rings. The highest BCUT2D eigenvalue weighted by Crippen LogP contribution is 2.20. The van der Waals surface area contributed by atoms with Crippen LogP contribution in [0.5, 0.6) is 5.75 Å². The molecule has 30 heavy (non-hydrogen) atoms. The molecule has 1 heterocycles. The number of hydrogen-bond acceptors (Lipinski definition) is 4. The molecule has 0 saturated carbocycles. The number of ether oxygens (including phenoxy) is 1. The number of halogens is 2. The third kappa shape index (κ3) is 5.33. The molecule has 0 aliphatic carbocycles. The lowest BCUT2D eigenvalue weighted by Crippen LogP contribution is -2.28. The van der Waals surface area contributed by atoms with Crippen molar-refractivity contribution in [3.05, 3.63) is 94.0 Å². The van der Waals surface area contributed by atoms with Gasteiger partial charge in [0.25, 0.3) is 5.91 Å². The van der Waals surface area contributed by atoms with Crippen LogP contribution >= 0.6 is 11.6 Å². The summed E-state index contributed by atoms with van der Waals surface area (Å²) in [6.07, 6.45) is 1.40. The number of rotatable bonds is 7. The Morgan fingerprint density at radius 2 is 1.93 bits per heavy atom. The van der Waals surface area contributed by atoms with Crippen molar-refractivity contribution >= 4 is 23.5 Å². The number of carboxylic acids is 1. The first-order chi connectivity index (χ1) is 14.3.